The average Bonchev–Trinajstić information content (AvgIpc) is 3.13. The second-order valence-corrected chi connectivity index (χ2v) is 8.29. The van der Waals surface area contributed by atoms with Crippen LogP contribution in [-0.4, -0.2) is 28.0 Å². The highest BCUT2D eigenvalue weighted by molar-refractivity contribution is 9.10. The summed E-state index contributed by atoms with van der Waals surface area (Å²) in [6.45, 7) is 4.34. The van der Waals surface area contributed by atoms with E-state index in [0.29, 0.717) is 44.4 Å². The summed E-state index contributed by atoms with van der Waals surface area (Å²) in [5.74, 6) is 0.0542. The molecule has 0 saturated heterocycles. The Balaban J connectivity index is 1.69. The van der Waals surface area contributed by atoms with Gasteiger partial charge >= 0.3 is 5.97 Å². The summed E-state index contributed by atoms with van der Waals surface area (Å²) >= 11 is 3.55. The number of hydrogen-bond donors (Lipinski definition) is 2. The van der Waals surface area contributed by atoms with Gasteiger partial charge < -0.3 is 14.6 Å². The van der Waals surface area contributed by atoms with Gasteiger partial charge in [-0.15, -0.1) is 0 Å². The number of halogens is 1. The zero-order valence-electron chi connectivity index (χ0n) is 18.2. The predicted octanol–water partition coefficient (Wildman–Crippen LogP) is 3.45. The Morgan fingerprint density at radius 3 is 2.47 bits per heavy atom. The molecular formula is C26H21BrN2O5. The van der Waals surface area contributed by atoms with Gasteiger partial charge in [-0.3, -0.25) is 9.89 Å². The van der Waals surface area contributed by atoms with Gasteiger partial charge in [-0.2, -0.15) is 0 Å². The molecule has 0 saturated carbocycles. The fourth-order valence-corrected chi connectivity index (χ4v) is 3.84. The fourth-order valence-electron chi connectivity index (χ4n) is 3.40. The molecule has 0 aliphatic heterocycles. The van der Waals surface area contributed by atoms with Crippen molar-refractivity contribution in [3.05, 3.63) is 109 Å². The van der Waals surface area contributed by atoms with Gasteiger partial charge in [0.15, 0.2) is 11.5 Å². The molecule has 0 fully saturated rings. The van der Waals surface area contributed by atoms with Crippen LogP contribution in [0.15, 0.2) is 76.0 Å². The minimum absolute atomic E-state index is 0.135. The van der Waals surface area contributed by atoms with E-state index < -0.39 is 5.97 Å². The van der Waals surface area contributed by atoms with Crippen molar-refractivity contribution in [2.75, 3.05) is 7.11 Å². The quantitative estimate of drug-likeness (QED) is 0.389. The van der Waals surface area contributed by atoms with Crippen LogP contribution in [0.3, 0.4) is 0 Å². The predicted molar refractivity (Wildman–Crippen MR) is 133 cm³/mol. The smallest absolute Gasteiger partial charge is 0.335 e. The Kier molecular flexibility index (Phi) is 6.70. The molecule has 1 aromatic heterocycles. The standard InChI is InChI=1S/C26H21BrN2O5/c1-16-21(25(30)29(28-16)20-10-8-18(9-11-20)26(31)32)12-19-13-23(33-2)24(14-22(19)27)34-15-17-6-4-3-5-7-17/h3-14,28H,1,15H2,2H3,(H,31,32). The summed E-state index contributed by atoms with van der Waals surface area (Å²) in [6, 6.07) is 19.4. The molecule has 2 N–H and O–H groups in total. The lowest BCUT2D eigenvalue weighted by Crippen LogP contribution is -2.34. The molecule has 8 heteroatoms. The second kappa shape index (κ2) is 9.84. The molecular weight excluding hydrogens is 500 g/mol. The average molecular weight is 521 g/mol. The summed E-state index contributed by atoms with van der Waals surface area (Å²) in [5, 5.41) is 12.8. The monoisotopic (exact) mass is 520 g/mol. The number of carbonyl (C=O) groups is 1. The highest BCUT2D eigenvalue weighted by Crippen LogP contribution is 2.34. The first-order valence-electron chi connectivity index (χ1n) is 10.3. The van der Waals surface area contributed by atoms with Crippen LogP contribution >= 0.6 is 15.9 Å². The van der Waals surface area contributed by atoms with Gasteiger partial charge in [0, 0.05) is 4.47 Å². The number of rotatable bonds is 7. The molecule has 4 aromatic rings. The lowest BCUT2D eigenvalue weighted by molar-refractivity contribution is 0.0697. The van der Waals surface area contributed by atoms with E-state index in [4.69, 9.17) is 14.6 Å². The third kappa shape index (κ3) is 4.82. The zero-order chi connectivity index (χ0) is 24.2. The number of nitrogens with one attached hydrogen (secondary N) is 1. The molecule has 1 heterocycles. The molecule has 0 radical (unpaired) electrons. The molecule has 0 aliphatic carbocycles. The first-order valence-corrected chi connectivity index (χ1v) is 11.1. The van der Waals surface area contributed by atoms with E-state index in [9.17, 15) is 9.59 Å². The summed E-state index contributed by atoms with van der Waals surface area (Å²) in [5.41, 5.74) is 2.06. The first kappa shape index (κ1) is 23.1. The summed E-state index contributed by atoms with van der Waals surface area (Å²) in [6.07, 6.45) is 1.71. The third-order valence-corrected chi connectivity index (χ3v) is 5.88. The Labute approximate surface area is 203 Å². The van der Waals surface area contributed by atoms with E-state index in [2.05, 4.69) is 27.6 Å². The Morgan fingerprint density at radius 2 is 1.82 bits per heavy atom. The van der Waals surface area contributed by atoms with Crippen molar-refractivity contribution >= 4 is 34.6 Å². The van der Waals surface area contributed by atoms with Crippen LogP contribution < -0.4 is 25.6 Å². The van der Waals surface area contributed by atoms with Crippen LogP contribution in [-0.2, 0) is 6.61 Å². The van der Waals surface area contributed by atoms with E-state index in [-0.39, 0.29) is 11.1 Å². The van der Waals surface area contributed by atoms with Crippen LogP contribution in [0.5, 0.6) is 11.5 Å². The van der Waals surface area contributed by atoms with Crippen molar-refractivity contribution in [1.82, 2.24) is 9.78 Å². The zero-order valence-corrected chi connectivity index (χ0v) is 19.8. The molecule has 0 spiro atoms. The highest BCUT2D eigenvalue weighted by atomic mass is 79.9. The minimum atomic E-state index is -1.03. The number of carboxylic acids is 1. The normalized spacial score (nSPS) is 11.4. The number of nitrogens with zero attached hydrogens (tertiary/aromatic N) is 1. The van der Waals surface area contributed by atoms with Crippen LogP contribution in [0.2, 0.25) is 0 Å². The van der Waals surface area contributed by atoms with Gasteiger partial charge in [-0.25, -0.2) is 9.48 Å². The lowest BCUT2D eigenvalue weighted by Gasteiger charge is -2.13. The van der Waals surface area contributed by atoms with Crippen molar-refractivity contribution < 1.29 is 19.4 Å². The Bertz CT molecular complexity index is 1510. The molecule has 3 aromatic carbocycles. The van der Waals surface area contributed by atoms with E-state index in [0.717, 1.165) is 5.56 Å². The van der Waals surface area contributed by atoms with Gasteiger partial charge in [0.2, 0.25) is 0 Å². The van der Waals surface area contributed by atoms with Crippen molar-refractivity contribution in [2.24, 2.45) is 0 Å². The van der Waals surface area contributed by atoms with Crippen LogP contribution in [0, 0.1) is 0 Å². The molecule has 0 amide bonds. The second-order valence-electron chi connectivity index (χ2n) is 7.44. The topological polar surface area (TPSA) is 93.6 Å². The minimum Gasteiger partial charge on any atom is -0.493 e. The van der Waals surface area contributed by atoms with Gasteiger partial charge in [-0.05, 0) is 53.6 Å². The fraction of sp³-hybridized carbons (Fsp3) is 0.0769. The number of benzene rings is 3. The number of aromatic nitrogens is 2. The lowest BCUT2D eigenvalue weighted by atomic mass is 10.1. The van der Waals surface area contributed by atoms with E-state index in [1.54, 1.807) is 37.5 Å². The summed E-state index contributed by atoms with van der Waals surface area (Å²) in [7, 11) is 1.55. The number of methoxy groups -OCH3 is 1. The van der Waals surface area contributed by atoms with Crippen molar-refractivity contribution in [3.63, 3.8) is 0 Å². The molecule has 0 atom stereocenters. The number of aromatic carboxylic acids is 1. The van der Waals surface area contributed by atoms with Crippen LogP contribution in [0.1, 0.15) is 21.5 Å². The molecule has 0 bridgehead atoms. The van der Waals surface area contributed by atoms with Gasteiger partial charge in [0.05, 0.1) is 28.9 Å². The highest BCUT2D eigenvalue weighted by Gasteiger charge is 2.12. The molecule has 0 aliphatic rings. The summed E-state index contributed by atoms with van der Waals surface area (Å²) < 4.78 is 13.5. The summed E-state index contributed by atoms with van der Waals surface area (Å²) in [4.78, 5) is 24.2. The van der Waals surface area contributed by atoms with Crippen molar-refractivity contribution in [3.8, 4) is 17.2 Å². The maximum absolute atomic E-state index is 13.1. The number of aromatic amines is 1. The molecule has 172 valence electrons. The van der Waals surface area contributed by atoms with Crippen LogP contribution in [0.25, 0.3) is 18.3 Å². The molecule has 0 unspecified atom stereocenters. The number of H-pyrrole nitrogens is 1. The molecule has 7 nitrogen and oxygen atoms in total. The maximum Gasteiger partial charge on any atom is 0.335 e. The van der Waals surface area contributed by atoms with Gasteiger partial charge in [0.25, 0.3) is 5.56 Å². The van der Waals surface area contributed by atoms with Gasteiger partial charge in [-0.1, -0.05) is 52.8 Å². The van der Waals surface area contributed by atoms with Crippen molar-refractivity contribution in [2.45, 2.75) is 6.61 Å². The molecule has 4 rings (SSSR count). The third-order valence-electron chi connectivity index (χ3n) is 5.20. The first-order chi connectivity index (χ1) is 16.4. The van der Waals surface area contributed by atoms with Gasteiger partial charge in [0.1, 0.15) is 6.61 Å². The van der Waals surface area contributed by atoms with E-state index >= 15 is 0 Å². The number of hydrogen-bond acceptors (Lipinski definition) is 4. The SMILES string of the molecule is C=c1[nH]n(-c2ccc(C(=O)O)cc2)c(=O)c1=Cc1cc(OC)c(OCc2ccccc2)cc1Br. The number of ether oxygens (including phenoxy) is 2. The van der Waals surface area contributed by atoms with Crippen LogP contribution in [0.4, 0.5) is 0 Å². The maximum atomic E-state index is 13.1. The molecule has 34 heavy (non-hydrogen) atoms. The Morgan fingerprint density at radius 1 is 1.12 bits per heavy atom. The van der Waals surface area contributed by atoms with E-state index in [1.807, 2.05) is 30.3 Å². The van der Waals surface area contributed by atoms with Crippen molar-refractivity contribution in [1.29, 1.82) is 0 Å². The Hall–Kier alpha value is -4.04. The van der Waals surface area contributed by atoms with E-state index in [1.165, 1.54) is 16.8 Å². The number of carboxylic acid groups (broad SMARTS) is 1. The largest absolute Gasteiger partial charge is 0.493 e.